The zero-order valence-corrected chi connectivity index (χ0v) is 13.4. The molecule has 0 saturated carbocycles. The second-order valence-electron chi connectivity index (χ2n) is 3.88. The maximum atomic E-state index is 3.44. The Morgan fingerprint density at radius 1 is 1.00 bits per heavy atom. The minimum Gasteiger partial charge on any atom is -0.327 e. The number of hydrogen-bond donors (Lipinski definition) is 0. The van der Waals surface area contributed by atoms with Gasteiger partial charge < -0.3 is 11.6 Å². The van der Waals surface area contributed by atoms with Gasteiger partial charge in [-0.1, -0.05) is 27.7 Å². The number of rotatable bonds is 1. The van der Waals surface area contributed by atoms with Crippen molar-refractivity contribution in [1.29, 1.82) is 0 Å². The second kappa shape index (κ2) is 5.96. The second-order valence-corrected chi connectivity index (χ2v) is 3.88. The molecule has 0 saturated heterocycles. The van der Waals surface area contributed by atoms with E-state index in [0.29, 0.717) is 0 Å². The van der Waals surface area contributed by atoms with Crippen LogP contribution in [0.2, 0.25) is 0 Å². The van der Waals surface area contributed by atoms with Gasteiger partial charge in [0.25, 0.3) is 0 Å². The monoisotopic (exact) mass is 275 g/mol. The molecule has 0 unspecified atom stereocenters. The van der Waals surface area contributed by atoms with Gasteiger partial charge in [0.1, 0.15) is 0 Å². The molecule has 0 amide bonds. The third-order valence-corrected chi connectivity index (χ3v) is 3.12. The molecule has 0 atom stereocenters. The summed E-state index contributed by atoms with van der Waals surface area (Å²) in [4.78, 5) is 0. The molecule has 0 nitrogen and oxygen atoms in total. The Bertz CT molecular complexity index is 387. The van der Waals surface area contributed by atoms with E-state index in [9.17, 15) is 0 Å². The van der Waals surface area contributed by atoms with Gasteiger partial charge in [-0.25, -0.2) is 11.6 Å². The molecule has 0 aliphatic carbocycles. The van der Waals surface area contributed by atoms with E-state index in [1.165, 1.54) is 33.4 Å². The van der Waals surface area contributed by atoms with Crippen LogP contribution in [0.15, 0.2) is 0 Å². The Balaban J connectivity index is 0.00000196. The van der Waals surface area contributed by atoms with E-state index < -0.39 is 0 Å². The number of hydrogen-bond acceptors (Lipinski definition) is 0. The fourth-order valence-corrected chi connectivity index (χ4v) is 1.62. The van der Waals surface area contributed by atoms with Crippen LogP contribution < -0.4 is 0 Å². The predicted molar refractivity (Wildman–Crippen MR) is 62.2 cm³/mol. The average Bonchev–Trinajstić information content (AvgIpc) is 2.19. The van der Waals surface area contributed by atoms with E-state index in [2.05, 4.69) is 46.8 Å². The molecule has 1 heteroatoms. The fourth-order valence-electron chi connectivity index (χ4n) is 1.62. The van der Waals surface area contributed by atoms with E-state index >= 15 is 0 Å². The molecule has 0 N–H and O–H groups in total. The van der Waals surface area contributed by atoms with Gasteiger partial charge in [-0.3, -0.25) is 5.56 Å². The number of benzene rings is 1. The maximum absolute atomic E-state index is 3.44. The zero-order valence-electron chi connectivity index (χ0n) is 10.6. The molecular weight excluding hydrogens is 257 g/mol. The standard InChI is InChI=1S/C14H18.Y/c1-7-9(2)14-8-10(3)11(4)12(5)13(14)6;/h1-6H3;/q-2;. The van der Waals surface area contributed by atoms with Crippen molar-refractivity contribution < 1.29 is 32.7 Å². The predicted octanol–water partition coefficient (Wildman–Crippen LogP) is 3.94. The Kier molecular flexibility index (Phi) is 5.99. The summed E-state index contributed by atoms with van der Waals surface area (Å²) < 4.78 is 0. The minimum atomic E-state index is 0. The van der Waals surface area contributed by atoms with Crippen LogP contribution in [0, 0.1) is 39.8 Å². The van der Waals surface area contributed by atoms with Crippen molar-refractivity contribution in [2.75, 3.05) is 0 Å². The van der Waals surface area contributed by atoms with E-state index in [0.717, 1.165) is 0 Å². The molecule has 79 valence electrons. The molecule has 0 aromatic heterocycles. The summed E-state index contributed by atoms with van der Waals surface area (Å²) in [5.74, 6) is 0. The van der Waals surface area contributed by atoms with Crippen molar-refractivity contribution >= 4 is 5.57 Å². The molecule has 0 spiro atoms. The largest absolute Gasteiger partial charge is 0.327 e. The van der Waals surface area contributed by atoms with Crippen molar-refractivity contribution in [2.24, 2.45) is 0 Å². The molecule has 1 aromatic carbocycles. The maximum Gasteiger partial charge on any atom is 0 e. The smallest absolute Gasteiger partial charge is 0 e. The first-order valence-corrected chi connectivity index (χ1v) is 5.00. The summed E-state index contributed by atoms with van der Waals surface area (Å²) in [5, 5.41) is 0. The fraction of sp³-hybridized carbons (Fsp3) is 0.429. The molecule has 0 aliphatic rings. The first kappa shape index (κ1) is 15.1. The molecule has 0 fully saturated rings. The molecule has 15 heavy (non-hydrogen) atoms. The summed E-state index contributed by atoms with van der Waals surface area (Å²) in [7, 11) is 0. The summed E-state index contributed by atoms with van der Waals surface area (Å²) >= 11 is 0. The van der Waals surface area contributed by atoms with Gasteiger partial charge in [0.15, 0.2) is 0 Å². The molecule has 0 bridgehead atoms. The first-order valence-electron chi connectivity index (χ1n) is 5.00. The van der Waals surface area contributed by atoms with E-state index in [-0.39, 0.29) is 32.7 Å². The van der Waals surface area contributed by atoms with Gasteiger partial charge in [-0.2, -0.15) is 5.56 Å². The van der Waals surface area contributed by atoms with Crippen LogP contribution in [0.5, 0.6) is 0 Å². The van der Waals surface area contributed by atoms with Gasteiger partial charge in [0, 0.05) is 32.7 Å². The summed E-state index contributed by atoms with van der Waals surface area (Å²) in [6.07, 6.45) is 3.18. The van der Waals surface area contributed by atoms with Crippen molar-refractivity contribution in [1.82, 2.24) is 0 Å². The SMILES string of the molecule is C[C-]=C(C)c1[c-]c(C)c(C)c(C)c1C.[Y]. The molecule has 1 rings (SSSR count). The Morgan fingerprint density at radius 2 is 1.53 bits per heavy atom. The Morgan fingerprint density at radius 3 is 2.00 bits per heavy atom. The molecule has 0 heterocycles. The quantitative estimate of drug-likeness (QED) is 0.681. The Labute approximate surface area is 119 Å². The van der Waals surface area contributed by atoms with E-state index in [1.54, 1.807) is 0 Å². The van der Waals surface area contributed by atoms with Crippen LogP contribution >= 0.6 is 0 Å². The summed E-state index contributed by atoms with van der Waals surface area (Å²) in [6, 6.07) is 3.44. The number of aryl methyl sites for hydroxylation is 1. The van der Waals surface area contributed by atoms with Gasteiger partial charge in [-0.05, 0) is 0 Å². The van der Waals surface area contributed by atoms with E-state index in [1.807, 2.05) is 6.92 Å². The molecule has 0 aliphatic heterocycles. The zero-order chi connectivity index (χ0) is 10.9. The third kappa shape index (κ3) is 3.01. The van der Waals surface area contributed by atoms with Crippen molar-refractivity contribution in [3.63, 3.8) is 0 Å². The van der Waals surface area contributed by atoms with Crippen LogP contribution in [0.4, 0.5) is 0 Å². The van der Waals surface area contributed by atoms with Gasteiger partial charge in [-0.15, -0.1) is 25.0 Å². The van der Waals surface area contributed by atoms with Crippen molar-refractivity contribution in [3.8, 4) is 0 Å². The normalized spacial score (nSPS) is 11.2. The van der Waals surface area contributed by atoms with Crippen LogP contribution in [0.3, 0.4) is 0 Å². The molecular formula is C14H18Y-2. The average molecular weight is 275 g/mol. The number of allylic oxidation sites excluding steroid dienone is 2. The van der Waals surface area contributed by atoms with Crippen molar-refractivity contribution in [3.05, 3.63) is 40.0 Å². The van der Waals surface area contributed by atoms with Crippen LogP contribution in [0.25, 0.3) is 5.57 Å². The van der Waals surface area contributed by atoms with Gasteiger partial charge in [0.05, 0.1) is 0 Å². The first-order chi connectivity index (χ1) is 6.49. The van der Waals surface area contributed by atoms with Crippen LogP contribution in [-0.4, -0.2) is 0 Å². The molecule has 1 radical (unpaired) electrons. The van der Waals surface area contributed by atoms with Gasteiger partial charge >= 0.3 is 0 Å². The van der Waals surface area contributed by atoms with Crippen molar-refractivity contribution in [2.45, 2.75) is 41.5 Å². The van der Waals surface area contributed by atoms with Crippen LogP contribution in [0.1, 0.15) is 41.7 Å². The van der Waals surface area contributed by atoms with E-state index in [4.69, 9.17) is 0 Å². The summed E-state index contributed by atoms with van der Waals surface area (Å²) in [5.41, 5.74) is 7.72. The summed E-state index contributed by atoms with van der Waals surface area (Å²) in [6.45, 7) is 12.7. The minimum absolute atomic E-state index is 0. The molecule has 1 aromatic rings. The topological polar surface area (TPSA) is 0 Å². The third-order valence-electron chi connectivity index (χ3n) is 3.12. The van der Waals surface area contributed by atoms with Crippen LogP contribution in [-0.2, 0) is 32.7 Å². The van der Waals surface area contributed by atoms with Gasteiger partial charge in [0.2, 0.25) is 0 Å². The Hall–Kier alpha value is 0.0639.